The van der Waals surface area contributed by atoms with Crippen LogP contribution in [0.1, 0.15) is 21.5 Å². The van der Waals surface area contributed by atoms with Crippen LogP contribution < -0.4 is 11.1 Å². The van der Waals surface area contributed by atoms with Gasteiger partial charge in [-0.2, -0.15) is 10.4 Å². The van der Waals surface area contributed by atoms with Crippen molar-refractivity contribution in [2.24, 2.45) is 0 Å². The van der Waals surface area contributed by atoms with Crippen molar-refractivity contribution in [3.63, 3.8) is 0 Å². The minimum atomic E-state index is -0.155. The molecule has 0 radical (unpaired) electrons. The quantitative estimate of drug-likeness (QED) is 0.485. The zero-order valence-corrected chi connectivity index (χ0v) is 15.4. The number of nitrogens with two attached hydrogens (primary N) is 1. The lowest BCUT2D eigenvalue weighted by molar-refractivity contribution is 0.0954. The Morgan fingerprint density at radius 2 is 2.03 bits per heavy atom. The molecule has 2 aromatic heterocycles. The Kier molecular flexibility index (Phi) is 4.86. The Bertz CT molecular complexity index is 1220. The van der Waals surface area contributed by atoms with Gasteiger partial charge in [-0.15, -0.1) is 5.10 Å². The van der Waals surface area contributed by atoms with E-state index in [2.05, 4.69) is 31.6 Å². The molecule has 0 spiro atoms. The van der Waals surface area contributed by atoms with E-state index in [-0.39, 0.29) is 11.9 Å². The molecule has 0 fully saturated rings. The van der Waals surface area contributed by atoms with Crippen LogP contribution in [0.4, 0.5) is 5.95 Å². The van der Waals surface area contributed by atoms with Gasteiger partial charge in [-0.05, 0) is 36.2 Å². The highest BCUT2D eigenvalue weighted by Crippen LogP contribution is 2.19. The third-order valence-corrected chi connectivity index (χ3v) is 4.58. The van der Waals surface area contributed by atoms with Crippen LogP contribution >= 0.6 is 0 Å². The molecular formula is C21H17N7O. The summed E-state index contributed by atoms with van der Waals surface area (Å²) >= 11 is 0. The highest BCUT2D eigenvalue weighted by molar-refractivity contribution is 5.94. The number of nitrogens with one attached hydrogen (secondary N) is 2. The zero-order valence-electron chi connectivity index (χ0n) is 15.4. The van der Waals surface area contributed by atoms with Crippen molar-refractivity contribution < 1.29 is 4.79 Å². The number of hydrogen-bond donors (Lipinski definition) is 3. The van der Waals surface area contributed by atoms with Crippen molar-refractivity contribution in [3.05, 3.63) is 71.5 Å². The maximum Gasteiger partial charge on any atom is 0.251 e. The predicted octanol–water partition coefficient (Wildman–Crippen LogP) is 2.45. The molecule has 8 heteroatoms. The molecule has 2 aromatic carbocycles. The highest BCUT2D eigenvalue weighted by atomic mass is 16.1. The second-order valence-electron chi connectivity index (χ2n) is 6.48. The molecule has 0 bridgehead atoms. The summed E-state index contributed by atoms with van der Waals surface area (Å²) in [7, 11) is 0. The molecule has 29 heavy (non-hydrogen) atoms. The summed E-state index contributed by atoms with van der Waals surface area (Å²) in [6.07, 6.45) is 3.89. The molecule has 0 unspecified atom stereocenters. The molecular weight excluding hydrogens is 366 g/mol. The first-order valence-corrected chi connectivity index (χ1v) is 8.98. The molecule has 8 nitrogen and oxygen atoms in total. The lowest BCUT2D eigenvalue weighted by Crippen LogP contribution is -2.25. The predicted molar refractivity (Wildman–Crippen MR) is 109 cm³/mol. The molecule has 142 valence electrons. The normalized spacial score (nSPS) is 10.6. The van der Waals surface area contributed by atoms with Gasteiger partial charge in [0.05, 0.1) is 17.5 Å². The average molecular weight is 383 g/mol. The molecule has 0 atom stereocenters. The maximum absolute atomic E-state index is 12.4. The molecule has 4 rings (SSSR count). The van der Waals surface area contributed by atoms with Gasteiger partial charge in [0.1, 0.15) is 6.07 Å². The molecule has 0 aliphatic heterocycles. The third-order valence-electron chi connectivity index (χ3n) is 4.58. The molecule has 4 N–H and O–H groups in total. The largest absolute Gasteiger partial charge is 0.366 e. The topological polar surface area (TPSA) is 133 Å². The van der Waals surface area contributed by atoms with Gasteiger partial charge in [0.15, 0.2) is 0 Å². The average Bonchev–Trinajstić information content (AvgIpc) is 3.16. The van der Waals surface area contributed by atoms with Crippen LogP contribution in [0.25, 0.3) is 22.2 Å². The second-order valence-corrected chi connectivity index (χ2v) is 6.48. The Labute approximate surface area is 166 Å². The molecule has 0 aliphatic rings. The number of aromatic amines is 1. The van der Waals surface area contributed by atoms with Crippen LogP contribution in [0.15, 0.2) is 54.9 Å². The fraction of sp³-hybridized carbons (Fsp3) is 0.0952. The van der Waals surface area contributed by atoms with Crippen molar-refractivity contribution in [1.82, 2.24) is 25.5 Å². The number of hydrogen-bond acceptors (Lipinski definition) is 6. The summed E-state index contributed by atoms with van der Waals surface area (Å²) in [6, 6.07) is 15.1. The van der Waals surface area contributed by atoms with E-state index >= 15 is 0 Å². The second kappa shape index (κ2) is 7.78. The summed E-state index contributed by atoms with van der Waals surface area (Å²) in [5.41, 5.74) is 10.1. The van der Waals surface area contributed by atoms with E-state index in [1.54, 1.807) is 30.5 Å². The number of amides is 1. The van der Waals surface area contributed by atoms with E-state index in [1.165, 1.54) is 6.20 Å². The number of carbonyl (C=O) groups is 1. The van der Waals surface area contributed by atoms with E-state index < -0.39 is 0 Å². The number of anilines is 1. The van der Waals surface area contributed by atoms with Gasteiger partial charge < -0.3 is 16.0 Å². The number of rotatable bonds is 5. The number of fused-ring (bicyclic) bond motifs is 1. The summed E-state index contributed by atoms with van der Waals surface area (Å²) in [4.78, 5) is 19.6. The first-order valence-electron chi connectivity index (χ1n) is 8.98. The fourth-order valence-corrected chi connectivity index (χ4v) is 3.09. The number of nitrogen functional groups attached to an aromatic ring is 1. The zero-order chi connectivity index (χ0) is 20.2. The standard InChI is InChI=1S/C21H17N7O/c22-10-16-11-25-18-6-1-13(9-17(16)18)7-8-24-20(29)15-4-2-14(3-5-15)19-12-26-28-21(23)27-19/h1-6,9,11-12,25H,7-8H2,(H,24,29)(H2,23,27,28). The van der Waals surface area contributed by atoms with Crippen LogP contribution in [0.2, 0.25) is 0 Å². The van der Waals surface area contributed by atoms with Gasteiger partial charge in [-0.3, -0.25) is 4.79 Å². The van der Waals surface area contributed by atoms with E-state index in [1.807, 2.05) is 18.2 Å². The van der Waals surface area contributed by atoms with Crippen molar-refractivity contribution in [3.8, 4) is 17.3 Å². The van der Waals surface area contributed by atoms with E-state index in [0.29, 0.717) is 29.8 Å². The van der Waals surface area contributed by atoms with Crippen molar-refractivity contribution >= 4 is 22.8 Å². The molecule has 0 saturated carbocycles. The van der Waals surface area contributed by atoms with Gasteiger partial charge in [-0.25, -0.2) is 4.98 Å². The number of nitriles is 1. The van der Waals surface area contributed by atoms with Gasteiger partial charge in [0, 0.05) is 34.8 Å². The first-order chi connectivity index (χ1) is 14.1. The highest BCUT2D eigenvalue weighted by Gasteiger charge is 2.08. The van der Waals surface area contributed by atoms with Gasteiger partial charge in [0.2, 0.25) is 5.95 Å². The molecule has 1 amide bonds. The molecule has 0 saturated heterocycles. The van der Waals surface area contributed by atoms with E-state index in [4.69, 9.17) is 11.0 Å². The summed E-state index contributed by atoms with van der Waals surface area (Å²) in [6.45, 7) is 0.491. The Morgan fingerprint density at radius 1 is 1.21 bits per heavy atom. The van der Waals surface area contributed by atoms with Crippen LogP contribution in [0.5, 0.6) is 0 Å². The Balaban J connectivity index is 1.38. The van der Waals surface area contributed by atoms with Crippen LogP contribution in [-0.4, -0.2) is 32.6 Å². The SMILES string of the molecule is N#Cc1c[nH]c2ccc(CCNC(=O)c3ccc(-c4cnnc(N)n4)cc3)cc12. The van der Waals surface area contributed by atoms with Gasteiger partial charge in [0.25, 0.3) is 5.91 Å². The maximum atomic E-state index is 12.4. The smallest absolute Gasteiger partial charge is 0.251 e. The summed E-state index contributed by atoms with van der Waals surface area (Å²) in [5, 5.41) is 20.4. The Hall–Kier alpha value is -4.25. The van der Waals surface area contributed by atoms with E-state index in [9.17, 15) is 4.79 Å². The monoisotopic (exact) mass is 383 g/mol. The first kappa shape index (κ1) is 18.1. The van der Waals surface area contributed by atoms with E-state index in [0.717, 1.165) is 22.0 Å². The lowest BCUT2D eigenvalue weighted by atomic mass is 10.1. The number of aromatic nitrogens is 4. The number of benzene rings is 2. The fourth-order valence-electron chi connectivity index (χ4n) is 3.09. The van der Waals surface area contributed by atoms with Crippen LogP contribution in [0.3, 0.4) is 0 Å². The summed E-state index contributed by atoms with van der Waals surface area (Å²) in [5.74, 6) is -0.0543. The molecule has 4 aromatic rings. The minimum Gasteiger partial charge on any atom is -0.366 e. The van der Waals surface area contributed by atoms with Crippen molar-refractivity contribution in [1.29, 1.82) is 5.26 Å². The van der Waals surface area contributed by atoms with Gasteiger partial charge in [-0.1, -0.05) is 18.2 Å². The van der Waals surface area contributed by atoms with Gasteiger partial charge >= 0.3 is 0 Å². The van der Waals surface area contributed by atoms with Crippen molar-refractivity contribution in [2.75, 3.05) is 12.3 Å². The number of nitrogens with zero attached hydrogens (tertiary/aromatic N) is 4. The number of carbonyl (C=O) groups excluding carboxylic acids is 1. The minimum absolute atomic E-state index is 0.101. The third kappa shape index (κ3) is 3.89. The molecule has 2 heterocycles. The van der Waals surface area contributed by atoms with Crippen LogP contribution in [0, 0.1) is 11.3 Å². The van der Waals surface area contributed by atoms with Crippen LogP contribution in [-0.2, 0) is 6.42 Å². The Morgan fingerprint density at radius 3 is 2.79 bits per heavy atom. The molecule has 0 aliphatic carbocycles. The summed E-state index contributed by atoms with van der Waals surface area (Å²) < 4.78 is 0. The lowest BCUT2D eigenvalue weighted by Gasteiger charge is -2.07. The van der Waals surface area contributed by atoms with Crippen molar-refractivity contribution in [2.45, 2.75) is 6.42 Å². The number of H-pyrrole nitrogens is 1.